The van der Waals surface area contributed by atoms with Gasteiger partial charge in [0.05, 0.1) is 5.56 Å². The van der Waals surface area contributed by atoms with E-state index in [0.29, 0.717) is 35.4 Å². The molecule has 1 aliphatic rings. The Bertz CT molecular complexity index is 1450. The van der Waals surface area contributed by atoms with Gasteiger partial charge in [-0.25, -0.2) is 9.97 Å². The second kappa shape index (κ2) is 10.1. The molecule has 5 rings (SSSR count). The fourth-order valence-electron chi connectivity index (χ4n) is 4.50. The van der Waals surface area contributed by atoms with Gasteiger partial charge in [0, 0.05) is 43.3 Å². The number of rotatable bonds is 5. The van der Waals surface area contributed by atoms with E-state index in [0.717, 1.165) is 30.6 Å². The third-order valence-corrected chi connectivity index (χ3v) is 6.41. The second-order valence-corrected chi connectivity index (χ2v) is 8.93. The van der Waals surface area contributed by atoms with E-state index in [2.05, 4.69) is 61.7 Å². The molecule has 8 nitrogen and oxygen atoms in total. The summed E-state index contributed by atoms with van der Waals surface area (Å²) >= 11 is 0. The molecular formula is C27H29N7O. The van der Waals surface area contributed by atoms with Crippen molar-refractivity contribution in [3.05, 3.63) is 76.2 Å². The first kappa shape index (κ1) is 22.8. The Morgan fingerprint density at radius 2 is 2.06 bits per heavy atom. The fraction of sp³-hybridized carbons (Fsp3) is 0.333. The molecule has 178 valence electrons. The van der Waals surface area contributed by atoms with Crippen LogP contribution in [-0.2, 0) is 20.0 Å². The van der Waals surface area contributed by atoms with Crippen molar-refractivity contribution in [2.45, 2.75) is 32.7 Å². The van der Waals surface area contributed by atoms with Crippen LogP contribution in [0.25, 0.3) is 11.0 Å². The molecule has 2 N–H and O–H groups in total. The minimum Gasteiger partial charge on any atom is -0.327 e. The van der Waals surface area contributed by atoms with Gasteiger partial charge < -0.3 is 15.2 Å². The quantitative estimate of drug-likeness (QED) is 0.438. The number of hydrogen-bond acceptors (Lipinski definition) is 6. The Hall–Kier alpha value is -3.96. The number of piperidine rings is 1. The Morgan fingerprint density at radius 3 is 2.77 bits per heavy atom. The highest BCUT2D eigenvalue weighted by molar-refractivity contribution is 5.77. The molecule has 0 spiro atoms. The summed E-state index contributed by atoms with van der Waals surface area (Å²) in [6, 6.07) is 10.2. The molecule has 3 aromatic heterocycles. The summed E-state index contributed by atoms with van der Waals surface area (Å²) in [6.07, 6.45) is 8.86. The van der Waals surface area contributed by atoms with Crippen LogP contribution in [0.2, 0.25) is 0 Å². The zero-order chi connectivity index (χ0) is 24.2. The van der Waals surface area contributed by atoms with Gasteiger partial charge in [-0.1, -0.05) is 18.1 Å². The molecule has 1 fully saturated rings. The molecule has 4 aromatic rings. The van der Waals surface area contributed by atoms with Crippen LogP contribution in [0.5, 0.6) is 0 Å². The predicted molar refractivity (Wildman–Crippen MR) is 138 cm³/mol. The zero-order valence-corrected chi connectivity index (χ0v) is 20.1. The van der Waals surface area contributed by atoms with Gasteiger partial charge in [0.15, 0.2) is 5.82 Å². The van der Waals surface area contributed by atoms with Crippen molar-refractivity contribution in [1.29, 1.82) is 0 Å². The van der Waals surface area contributed by atoms with Gasteiger partial charge in [0.2, 0.25) is 5.95 Å². The Kier molecular flexibility index (Phi) is 6.59. The number of benzene rings is 1. The average Bonchev–Trinajstić information content (AvgIpc) is 3.29. The van der Waals surface area contributed by atoms with Gasteiger partial charge in [-0.15, -0.1) is 0 Å². The van der Waals surface area contributed by atoms with Crippen molar-refractivity contribution < 1.29 is 0 Å². The molecule has 0 bridgehead atoms. The van der Waals surface area contributed by atoms with Crippen molar-refractivity contribution >= 4 is 22.7 Å². The van der Waals surface area contributed by atoms with E-state index in [9.17, 15) is 4.79 Å². The van der Waals surface area contributed by atoms with Gasteiger partial charge in [-0.2, -0.15) is 4.98 Å². The summed E-state index contributed by atoms with van der Waals surface area (Å²) in [7, 11) is 1.87. The molecule has 8 heteroatoms. The van der Waals surface area contributed by atoms with Crippen LogP contribution in [0.3, 0.4) is 0 Å². The Morgan fingerprint density at radius 1 is 1.20 bits per heavy atom. The lowest BCUT2D eigenvalue weighted by Crippen LogP contribution is -2.30. The summed E-state index contributed by atoms with van der Waals surface area (Å²) in [6.45, 7) is 4.64. The number of nitrogens with one attached hydrogen (secondary N) is 2. The van der Waals surface area contributed by atoms with Crippen molar-refractivity contribution in [2.75, 3.05) is 18.4 Å². The van der Waals surface area contributed by atoms with Crippen LogP contribution in [0.4, 0.5) is 11.6 Å². The van der Waals surface area contributed by atoms with Crippen LogP contribution in [0.1, 0.15) is 36.7 Å². The van der Waals surface area contributed by atoms with Gasteiger partial charge in [-0.05, 0) is 74.9 Å². The highest BCUT2D eigenvalue weighted by atomic mass is 16.1. The first-order valence-corrected chi connectivity index (χ1v) is 12.1. The minimum absolute atomic E-state index is 0.173. The van der Waals surface area contributed by atoms with Crippen molar-refractivity contribution in [1.82, 2.24) is 29.4 Å². The highest BCUT2D eigenvalue weighted by Crippen LogP contribution is 2.20. The molecule has 1 unspecified atom stereocenters. The average molecular weight is 468 g/mol. The van der Waals surface area contributed by atoms with Gasteiger partial charge >= 0.3 is 0 Å². The molecule has 35 heavy (non-hydrogen) atoms. The number of pyridine rings is 1. The van der Waals surface area contributed by atoms with Gasteiger partial charge in [-0.3, -0.25) is 9.36 Å². The monoisotopic (exact) mass is 467 g/mol. The first-order chi connectivity index (χ1) is 17.1. The molecule has 4 heterocycles. The van der Waals surface area contributed by atoms with Crippen LogP contribution in [-0.4, -0.2) is 37.2 Å². The molecule has 1 saturated heterocycles. The summed E-state index contributed by atoms with van der Waals surface area (Å²) in [4.78, 5) is 26.4. The molecule has 1 aromatic carbocycles. The molecule has 0 amide bonds. The smallest absolute Gasteiger partial charge is 0.267 e. The topological polar surface area (TPSA) is 89.7 Å². The van der Waals surface area contributed by atoms with Crippen molar-refractivity contribution in [3.63, 3.8) is 0 Å². The largest absolute Gasteiger partial charge is 0.327 e. The maximum Gasteiger partial charge on any atom is 0.267 e. The van der Waals surface area contributed by atoms with E-state index in [-0.39, 0.29) is 5.56 Å². The van der Waals surface area contributed by atoms with E-state index in [1.54, 1.807) is 23.0 Å². The van der Waals surface area contributed by atoms with Crippen LogP contribution >= 0.6 is 0 Å². The number of hydrogen-bond donors (Lipinski definition) is 2. The van der Waals surface area contributed by atoms with E-state index in [1.807, 2.05) is 24.7 Å². The highest BCUT2D eigenvalue weighted by Gasteiger charge is 2.14. The number of fused-ring (bicyclic) bond motifs is 1. The molecular weight excluding hydrogens is 438 g/mol. The lowest BCUT2D eigenvalue weighted by molar-refractivity contribution is 0.376. The predicted octanol–water partition coefficient (Wildman–Crippen LogP) is 3.23. The normalized spacial score (nSPS) is 15.5. The first-order valence-electron chi connectivity index (χ1n) is 12.1. The summed E-state index contributed by atoms with van der Waals surface area (Å²) in [5, 5.41) is 7.52. The maximum atomic E-state index is 13.1. The SMILES string of the molecule is CCn1c(=O)c(C#Cc2nccn2C)cc2cnc(Nc3ccc(CC4CCCNC4)cc3)nc21. The summed E-state index contributed by atoms with van der Waals surface area (Å²) in [5.41, 5.74) is 3.06. The lowest BCUT2D eigenvalue weighted by atomic mass is 9.92. The van der Waals surface area contributed by atoms with Crippen LogP contribution in [0.15, 0.2) is 53.7 Å². The standard InChI is InChI=1S/C27H29N7O/c1-3-34-25-22(16-21(26(34)35)8-11-24-29-13-14-33(24)2)18-30-27(32-25)31-23-9-6-19(7-10-23)15-20-5-4-12-28-17-20/h6-7,9-10,13-14,16,18,20,28H,3-5,12,15,17H2,1-2H3,(H,30,31,32). The van der Waals surface area contributed by atoms with Crippen LogP contribution < -0.4 is 16.2 Å². The van der Waals surface area contributed by atoms with Crippen molar-refractivity contribution in [3.8, 4) is 11.8 Å². The Labute approximate surface area is 204 Å². The molecule has 1 atom stereocenters. The third-order valence-electron chi connectivity index (χ3n) is 6.41. The lowest BCUT2D eigenvalue weighted by Gasteiger charge is -2.22. The van der Waals surface area contributed by atoms with E-state index in [4.69, 9.17) is 0 Å². The summed E-state index contributed by atoms with van der Waals surface area (Å²) in [5.74, 6) is 7.70. The van der Waals surface area contributed by atoms with Gasteiger partial charge in [0.25, 0.3) is 5.56 Å². The number of imidazole rings is 1. The molecule has 0 saturated carbocycles. The zero-order valence-electron chi connectivity index (χ0n) is 20.1. The second-order valence-electron chi connectivity index (χ2n) is 8.93. The number of aryl methyl sites for hydroxylation is 2. The number of nitrogens with zero attached hydrogens (tertiary/aromatic N) is 5. The number of aromatic nitrogens is 5. The third kappa shape index (κ3) is 5.10. The molecule has 0 aliphatic carbocycles. The van der Waals surface area contributed by atoms with Crippen molar-refractivity contribution in [2.24, 2.45) is 13.0 Å². The van der Waals surface area contributed by atoms with E-state index < -0.39 is 0 Å². The van der Waals surface area contributed by atoms with E-state index >= 15 is 0 Å². The fourth-order valence-corrected chi connectivity index (χ4v) is 4.50. The van der Waals surface area contributed by atoms with E-state index in [1.165, 1.54) is 18.4 Å². The van der Waals surface area contributed by atoms with Crippen LogP contribution in [0, 0.1) is 17.8 Å². The maximum absolute atomic E-state index is 13.1. The molecule has 0 radical (unpaired) electrons. The van der Waals surface area contributed by atoms with Gasteiger partial charge in [0.1, 0.15) is 5.65 Å². The summed E-state index contributed by atoms with van der Waals surface area (Å²) < 4.78 is 3.44. The Balaban J connectivity index is 1.38. The molecule has 1 aliphatic heterocycles. The minimum atomic E-state index is -0.173. The number of anilines is 2.